The fourth-order valence-electron chi connectivity index (χ4n) is 2.20. The maximum atomic E-state index is 13.3. The summed E-state index contributed by atoms with van der Waals surface area (Å²) in [6, 6.07) is 14.9. The number of nitrogens with zero attached hydrogens (tertiary/aromatic N) is 2. The predicted molar refractivity (Wildman–Crippen MR) is 93.0 cm³/mol. The molecule has 3 aromatic rings. The number of halogens is 2. The number of carbonyl (C=O) groups excluding carboxylic acids is 1. The van der Waals surface area contributed by atoms with Crippen LogP contribution in [0.3, 0.4) is 0 Å². The van der Waals surface area contributed by atoms with Gasteiger partial charge in [-0.05, 0) is 48.5 Å². The summed E-state index contributed by atoms with van der Waals surface area (Å²) in [6.45, 7) is 0. The van der Waals surface area contributed by atoms with Crippen molar-refractivity contribution in [3.8, 4) is 6.07 Å². The Labute approximate surface area is 147 Å². The van der Waals surface area contributed by atoms with Gasteiger partial charge in [-0.3, -0.25) is 9.78 Å². The van der Waals surface area contributed by atoms with Crippen LogP contribution in [0.4, 0.5) is 25.8 Å². The Morgan fingerprint density at radius 1 is 0.923 bits per heavy atom. The molecule has 2 N–H and O–H groups in total. The first-order valence-electron chi connectivity index (χ1n) is 7.55. The summed E-state index contributed by atoms with van der Waals surface area (Å²) >= 11 is 0. The molecule has 0 atom stereocenters. The average molecular weight is 350 g/mol. The zero-order chi connectivity index (χ0) is 18.5. The van der Waals surface area contributed by atoms with Crippen LogP contribution in [-0.4, -0.2) is 10.9 Å². The van der Waals surface area contributed by atoms with Crippen LogP contribution in [0.5, 0.6) is 0 Å². The van der Waals surface area contributed by atoms with E-state index in [0.29, 0.717) is 22.6 Å². The molecule has 128 valence electrons. The molecule has 26 heavy (non-hydrogen) atoms. The van der Waals surface area contributed by atoms with E-state index in [0.717, 1.165) is 12.1 Å². The van der Waals surface area contributed by atoms with Crippen LogP contribution >= 0.6 is 0 Å². The maximum Gasteiger partial charge on any atom is 0.274 e. The number of benzene rings is 2. The molecule has 0 fully saturated rings. The van der Waals surface area contributed by atoms with Crippen molar-refractivity contribution in [1.82, 2.24) is 4.98 Å². The summed E-state index contributed by atoms with van der Waals surface area (Å²) in [4.78, 5) is 16.3. The number of nitriles is 1. The summed E-state index contributed by atoms with van der Waals surface area (Å²) in [6.07, 6.45) is 1.43. The smallest absolute Gasteiger partial charge is 0.274 e. The lowest BCUT2D eigenvalue weighted by Crippen LogP contribution is -2.13. The van der Waals surface area contributed by atoms with Crippen molar-refractivity contribution in [2.45, 2.75) is 0 Å². The number of amides is 1. The molecule has 0 spiro atoms. The van der Waals surface area contributed by atoms with Crippen LogP contribution in [0.2, 0.25) is 0 Å². The molecule has 1 amide bonds. The number of rotatable bonds is 4. The third kappa shape index (κ3) is 3.99. The Morgan fingerprint density at radius 3 is 2.31 bits per heavy atom. The van der Waals surface area contributed by atoms with E-state index in [4.69, 9.17) is 5.26 Å². The van der Waals surface area contributed by atoms with Crippen LogP contribution in [0.15, 0.2) is 60.8 Å². The molecule has 1 heterocycles. The number of nitrogens with one attached hydrogen (secondary N) is 2. The largest absolute Gasteiger partial charge is 0.355 e. The molecule has 0 bridgehead atoms. The van der Waals surface area contributed by atoms with E-state index in [2.05, 4.69) is 15.6 Å². The highest BCUT2D eigenvalue weighted by Gasteiger charge is 2.09. The number of hydrogen-bond donors (Lipinski definition) is 2. The lowest BCUT2D eigenvalue weighted by atomic mass is 10.2. The van der Waals surface area contributed by atoms with Gasteiger partial charge < -0.3 is 10.6 Å². The number of anilines is 3. The summed E-state index contributed by atoms with van der Waals surface area (Å²) in [5, 5.41) is 14.3. The first-order valence-corrected chi connectivity index (χ1v) is 7.55. The van der Waals surface area contributed by atoms with Gasteiger partial charge in [0.1, 0.15) is 5.69 Å². The van der Waals surface area contributed by atoms with Crippen molar-refractivity contribution in [3.63, 3.8) is 0 Å². The van der Waals surface area contributed by atoms with Crippen molar-refractivity contribution in [2.75, 3.05) is 10.6 Å². The zero-order valence-corrected chi connectivity index (χ0v) is 13.3. The highest BCUT2D eigenvalue weighted by Crippen LogP contribution is 2.19. The van der Waals surface area contributed by atoms with E-state index >= 15 is 0 Å². The van der Waals surface area contributed by atoms with Gasteiger partial charge in [0.25, 0.3) is 5.91 Å². The van der Waals surface area contributed by atoms with Crippen LogP contribution < -0.4 is 10.6 Å². The van der Waals surface area contributed by atoms with Crippen LogP contribution in [-0.2, 0) is 0 Å². The Kier molecular flexibility index (Phi) is 4.85. The van der Waals surface area contributed by atoms with E-state index in [1.165, 1.54) is 18.3 Å². The van der Waals surface area contributed by atoms with Gasteiger partial charge in [-0.25, -0.2) is 8.78 Å². The predicted octanol–water partition coefficient (Wildman–Crippen LogP) is 4.23. The van der Waals surface area contributed by atoms with Crippen molar-refractivity contribution in [2.24, 2.45) is 0 Å². The standard InChI is InChI=1S/C19H12F2N4O/c20-16-6-5-14(9-17(16)21)24-15-7-8-23-18(10-15)19(26)25-13-3-1-12(11-22)2-4-13/h1-10H,(H,23,24)(H,25,26). The monoisotopic (exact) mass is 350 g/mol. The number of hydrogen-bond acceptors (Lipinski definition) is 4. The van der Waals surface area contributed by atoms with E-state index in [9.17, 15) is 13.6 Å². The van der Waals surface area contributed by atoms with Gasteiger partial charge in [-0.15, -0.1) is 0 Å². The van der Waals surface area contributed by atoms with Gasteiger partial charge >= 0.3 is 0 Å². The molecule has 0 aliphatic heterocycles. The minimum absolute atomic E-state index is 0.141. The second kappa shape index (κ2) is 7.40. The van der Waals surface area contributed by atoms with Crippen LogP contribution in [0.1, 0.15) is 16.1 Å². The molecule has 5 nitrogen and oxygen atoms in total. The molecule has 0 aliphatic carbocycles. The van der Waals surface area contributed by atoms with Crippen molar-refractivity contribution >= 4 is 23.0 Å². The Morgan fingerprint density at radius 2 is 1.62 bits per heavy atom. The van der Waals surface area contributed by atoms with E-state index in [1.807, 2.05) is 6.07 Å². The maximum absolute atomic E-state index is 13.3. The highest BCUT2D eigenvalue weighted by atomic mass is 19.2. The summed E-state index contributed by atoms with van der Waals surface area (Å²) in [7, 11) is 0. The lowest BCUT2D eigenvalue weighted by molar-refractivity contribution is 0.102. The second-order valence-electron chi connectivity index (χ2n) is 5.33. The summed E-state index contributed by atoms with van der Waals surface area (Å²) in [5.74, 6) is -2.35. The molecular weight excluding hydrogens is 338 g/mol. The number of aromatic nitrogens is 1. The molecule has 2 aromatic carbocycles. The summed E-state index contributed by atoms with van der Waals surface area (Å²) in [5.41, 5.74) is 1.99. The molecule has 3 rings (SSSR count). The van der Waals surface area contributed by atoms with E-state index in [-0.39, 0.29) is 5.69 Å². The van der Waals surface area contributed by atoms with Crippen molar-refractivity contribution < 1.29 is 13.6 Å². The third-order valence-electron chi connectivity index (χ3n) is 3.47. The normalized spacial score (nSPS) is 10.0. The van der Waals surface area contributed by atoms with E-state index in [1.54, 1.807) is 30.3 Å². The zero-order valence-electron chi connectivity index (χ0n) is 13.3. The summed E-state index contributed by atoms with van der Waals surface area (Å²) < 4.78 is 26.3. The van der Waals surface area contributed by atoms with Gasteiger partial charge in [-0.1, -0.05) is 0 Å². The highest BCUT2D eigenvalue weighted by molar-refractivity contribution is 6.03. The lowest BCUT2D eigenvalue weighted by Gasteiger charge is -2.09. The minimum atomic E-state index is -0.970. The topological polar surface area (TPSA) is 77.8 Å². The second-order valence-corrected chi connectivity index (χ2v) is 5.33. The molecule has 0 saturated heterocycles. The molecule has 0 aliphatic rings. The fraction of sp³-hybridized carbons (Fsp3) is 0. The number of carbonyl (C=O) groups is 1. The molecule has 7 heteroatoms. The fourth-order valence-corrected chi connectivity index (χ4v) is 2.20. The average Bonchev–Trinajstić information content (AvgIpc) is 2.65. The van der Waals surface area contributed by atoms with Crippen molar-refractivity contribution in [3.05, 3.63) is 83.7 Å². The molecular formula is C19H12F2N4O. The number of pyridine rings is 1. The molecule has 0 radical (unpaired) electrons. The Hall–Kier alpha value is -3.79. The Bertz CT molecular complexity index is 997. The minimum Gasteiger partial charge on any atom is -0.355 e. The quantitative estimate of drug-likeness (QED) is 0.738. The Balaban J connectivity index is 1.74. The van der Waals surface area contributed by atoms with E-state index < -0.39 is 17.5 Å². The third-order valence-corrected chi connectivity index (χ3v) is 3.47. The van der Waals surface area contributed by atoms with Crippen molar-refractivity contribution in [1.29, 1.82) is 5.26 Å². The van der Waals surface area contributed by atoms with Crippen LogP contribution in [0.25, 0.3) is 0 Å². The van der Waals surface area contributed by atoms with Gasteiger partial charge in [0, 0.05) is 29.3 Å². The SMILES string of the molecule is N#Cc1ccc(NC(=O)c2cc(Nc3ccc(F)c(F)c3)ccn2)cc1. The first-order chi connectivity index (χ1) is 12.5. The molecule has 1 aromatic heterocycles. The van der Waals surface area contributed by atoms with Gasteiger partial charge in [0.2, 0.25) is 0 Å². The van der Waals surface area contributed by atoms with Gasteiger partial charge in [0.05, 0.1) is 11.6 Å². The molecule has 0 saturated carbocycles. The van der Waals surface area contributed by atoms with Gasteiger partial charge in [0.15, 0.2) is 11.6 Å². The first kappa shape index (κ1) is 17.0. The van der Waals surface area contributed by atoms with Crippen LogP contribution in [0, 0.1) is 23.0 Å². The van der Waals surface area contributed by atoms with Gasteiger partial charge in [-0.2, -0.15) is 5.26 Å². The molecule has 0 unspecified atom stereocenters.